The number of aromatic amines is 1. The molecule has 5 heteroatoms. The van der Waals surface area contributed by atoms with Crippen LogP contribution in [0.25, 0.3) is 0 Å². The first-order valence-electron chi connectivity index (χ1n) is 2.20. The third-order valence-electron chi connectivity index (χ3n) is 0.846. The Balaban J connectivity index is 3.43. The normalized spacial score (nSPS) is 9.44. The highest BCUT2D eigenvalue weighted by atomic mass is 79.9. The smallest absolute Gasteiger partial charge is 0.288 e. The summed E-state index contributed by atoms with van der Waals surface area (Å²) >= 11 is 3.04. The summed E-state index contributed by atoms with van der Waals surface area (Å²) in [6, 6.07) is 0. The lowest BCUT2D eigenvalue weighted by atomic mass is 10.5. The zero-order chi connectivity index (χ0) is 6.85. The van der Waals surface area contributed by atoms with Gasteiger partial charge in [-0.25, -0.2) is 5.10 Å². The number of nitrogens with zero attached hydrogens (tertiary/aromatic N) is 1. The number of halogens is 1. The Morgan fingerprint density at radius 3 is 2.89 bits per heavy atom. The maximum atomic E-state index is 10.6. The van der Waals surface area contributed by atoms with Crippen molar-refractivity contribution in [3.05, 3.63) is 21.0 Å². The van der Waals surface area contributed by atoms with Gasteiger partial charge >= 0.3 is 0 Å². The van der Waals surface area contributed by atoms with Gasteiger partial charge in [-0.2, -0.15) is 5.10 Å². The molecule has 4 nitrogen and oxygen atoms in total. The second-order valence-corrected chi connectivity index (χ2v) is 2.32. The largest absolute Gasteiger partial charge is 0.393 e. The van der Waals surface area contributed by atoms with Gasteiger partial charge in [-0.3, -0.25) is 4.79 Å². The highest BCUT2D eigenvalue weighted by molar-refractivity contribution is 9.10. The third kappa shape index (κ3) is 1.10. The molecule has 0 aliphatic carbocycles. The van der Waals surface area contributed by atoms with Crippen LogP contribution in [0.4, 0.5) is 5.69 Å². The van der Waals surface area contributed by atoms with E-state index in [-0.39, 0.29) is 11.2 Å². The van der Waals surface area contributed by atoms with Crippen LogP contribution >= 0.6 is 15.9 Å². The van der Waals surface area contributed by atoms with Gasteiger partial charge in [0.15, 0.2) is 0 Å². The van der Waals surface area contributed by atoms with Gasteiger partial charge in [-0.05, 0) is 15.9 Å². The van der Waals surface area contributed by atoms with Gasteiger partial charge in [0.2, 0.25) is 0 Å². The minimum atomic E-state index is -0.371. The summed E-state index contributed by atoms with van der Waals surface area (Å²) in [5, 5.41) is 5.66. The Bertz CT molecular complexity index is 269. The average Bonchev–Trinajstić information content (AvgIpc) is 1.83. The maximum Gasteiger partial charge on any atom is 0.288 e. The van der Waals surface area contributed by atoms with E-state index in [9.17, 15) is 4.79 Å². The molecule has 0 spiro atoms. The van der Waals surface area contributed by atoms with Gasteiger partial charge in [0.05, 0.1) is 10.7 Å². The van der Waals surface area contributed by atoms with Crippen LogP contribution in [0.3, 0.4) is 0 Å². The van der Waals surface area contributed by atoms with E-state index in [1.54, 1.807) is 0 Å². The summed E-state index contributed by atoms with van der Waals surface area (Å²) < 4.78 is 0.520. The van der Waals surface area contributed by atoms with Crippen molar-refractivity contribution < 1.29 is 0 Å². The number of aromatic nitrogens is 2. The van der Waals surface area contributed by atoms with Crippen LogP contribution in [0.5, 0.6) is 0 Å². The Hall–Kier alpha value is -0.840. The molecule has 0 fully saturated rings. The van der Waals surface area contributed by atoms with Crippen LogP contribution in [-0.4, -0.2) is 10.2 Å². The van der Waals surface area contributed by atoms with Crippen molar-refractivity contribution in [2.75, 3.05) is 5.73 Å². The highest BCUT2D eigenvalue weighted by Crippen LogP contribution is 2.10. The summed E-state index contributed by atoms with van der Waals surface area (Å²) in [7, 11) is 0. The molecule has 0 saturated heterocycles. The van der Waals surface area contributed by atoms with Crippen molar-refractivity contribution in [3.8, 4) is 0 Å². The zero-order valence-corrected chi connectivity index (χ0v) is 5.97. The molecule has 0 atom stereocenters. The Morgan fingerprint density at radius 2 is 2.44 bits per heavy atom. The van der Waals surface area contributed by atoms with E-state index in [4.69, 9.17) is 5.73 Å². The first-order valence-corrected chi connectivity index (χ1v) is 3.00. The number of nitrogens with two attached hydrogens (primary N) is 1. The molecule has 0 aliphatic heterocycles. The summed E-state index contributed by atoms with van der Waals surface area (Å²) in [6.45, 7) is 0. The molecule has 3 N–H and O–H groups in total. The molecule has 1 aromatic heterocycles. The van der Waals surface area contributed by atoms with Crippen molar-refractivity contribution in [2.24, 2.45) is 0 Å². The molecule has 0 aromatic carbocycles. The van der Waals surface area contributed by atoms with Crippen LogP contribution in [0.1, 0.15) is 0 Å². The SMILES string of the molecule is Nc1c(Br)cn[nH]c1=O. The van der Waals surface area contributed by atoms with E-state index in [1.165, 1.54) is 6.20 Å². The molecule has 0 amide bonds. The van der Waals surface area contributed by atoms with Gasteiger partial charge < -0.3 is 5.73 Å². The van der Waals surface area contributed by atoms with E-state index in [2.05, 4.69) is 26.1 Å². The van der Waals surface area contributed by atoms with Crippen molar-refractivity contribution >= 4 is 21.6 Å². The van der Waals surface area contributed by atoms with E-state index < -0.39 is 0 Å². The van der Waals surface area contributed by atoms with Crippen molar-refractivity contribution in [2.45, 2.75) is 0 Å². The summed E-state index contributed by atoms with van der Waals surface area (Å²) in [5.41, 5.74) is 5.04. The molecule has 0 bridgehead atoms. The fraction of sp³-hybridized carbons (Fsp3) is 0. The maximum absolute atomic E-state index is 10.6. The van der Waals surface area contributed by atoms with Gasteiger partial charge in [0, 0.05) is 0 Å². The third-order valence-corrected chi connectivity index (χ3v) is 1.48. The van der Waals surface area contributed by atoms with Crippen LogP contribution in [0.15, 0.2) is 15.5 Å². The number of anilines is 1. The van der Waals surface area contributed by atoms with E-state index in [0.717, 1.165) is 0 Å². The van der Waals surface area contributed by atoms with Crippen LogP contribution < -0.4 is 11.3 Å². The average molecular weight is 190 g/mol. The Kier molecular flexibility index (Phi) is 1.52. The monoisotopic (exact) mass is 189 g/mol. The lowest BCUT2D eigenvalue weighted by Gasteiger charge is -1.90. The molecular formula is C4H4BrN3O. The molecule has 0 aliphatic rings. The number of hydrogen-bond donors (Lipinski definition) is 2. The lowest BCUT2D eigenvalue weighted by molar-refractivity contribution is 0.986. The molecule has 48 valence electrons. The Labute approximate surface area is 59.2 Å². The topological polar surface area (TPSA) is 71.8 Å². The molecule has 9 heavy (non-hydrogen) atoms. The summed E-state index contributed by atoms with van der Waals surface area (Å²) in [6.07, 6.45) is 1.43. The predicted molar refractivity (Wildman–Crippen MR) is 37.0 cm³/mol. The molecule has 0 saturated carbocycles. The fourth-order valence-corrected chi connectivity index (χ4v) is 0.668. The first-order chi connectivity index (χ1) is 4.22. The first kappa shape index (κ1) is 6.28. The molecule has 1 rings (SSSR count). The number of H-pyrrole nitrogens is 1. The van der Waals surface area contributed by atoms with Gasteiger partial charge in [-0.1, -0.05) is 0 Å². The predicted octanol–water partition coefficient (Wildman–Crippen LogP) is 0.115. The minimum absolute atomic E-state index is 0.157. The highest BCUT2D eigenvalue weighted by Gasteiger charge is 1.96. The quantitative estimate of drug-likeness (QED) is 0.609. The molecular weight excluding hydrogens is 186 g/mol. The van der Waals surface area contributed by atoms with E-state index in [1.807, 2.05) is 0 Å². The zero-order valence-electron chi connectivity index (χ0n) is 4.39. The lowest BCUT2D eigenvalue weighted by Crippen LogP contribution is -2.12. The van der Waals surface area contributed by atoms with Crippen molar-refractivity contribution in [1.29, 1.82) is 0 Å². The minimum Gasteiger partial charge on any atom is -0.393 e. The van der Waals surface area contributed by atoms with Crippen LogP contribution in [-0.2, 0) is 0 Å². The second-order valence-electron chi connectivity index (χ2n) is 1.46. The second kappa shape index (κ2) is 2.18. The molecule has 1 aromatic rings. The number of nitrogen functional groups attached to an aromatic ring is 1. The number of nitrogens with one attached hydrogen (secondary N) is 1. The molecule has 0 radical (unpaired) electrons. The fourth-order valence-electron chi connectivity index (χ4n) is 0.386. The summed E-state index contributed by atoms with van der Waals surface area (Å²) in [5.74, 6) is 0. The van der Waals surface area contributed by atoms with Gasteiger partial charge in [0.25, 0.3) is 5.56 Å². The summed E-state index contributed by atoms with van der Waals surface area (Å²) in [4.78, 5) is 10.6. The van der Waals surface area contributed by atoms with Gasteiger partial charge in [-0.15, -0.1) is 0 Å². The van der Waals surface area contributed by atoms with Crippen molar-refractivity contribution in [1.82, 2.24) is 10.2 Å². The van der Waals surface area contributed by atoms with Gasteiger partial charge in [0.1, 0.15) is 5.69 Å². The number of hydrogen-bond acceptors (Lipinski definition) is 3. The molecule has 1 heterocycles. The van der Waals surface area contributed by atoms with Crippen molar-refractivity contribution in [3.63, 3.8) is 0 Å². The van der Waals surface area contributed by atoms with Crippen LogP contribution in [0, 0.1) is 0 Å². The molecule has 0 unspecified atom stereocenters. The van der Waals surface area contributed by atoms with E-state index >= 15 is 0 Å². The van der Waals surface area contributed by atoms with Crippen LogP contribution in [0.2, 0.25) is 0 Å². The van der Waals surface area contributed by atoms with E-state index in [0.29, 0.717) is 4.47 Å². The Morgan fingerprint density at radius 1 is 1.78 bits per heavy atom. The standard InChI is InChI=1S/C4H4BrN3O/c5-2-1-7-8-4(9)3(2)6/h1H,(H2,6,7)(H,8,9). The number of rotatable bonds is 0.